The van der Waals surface area contributed by atoms with Gasteiger partial charge in [0.2, 0.25) is 0 Å². The van der Waals surface area contributed by atoms with Crippen LogP contribution in [0, 0.1) is 0 Å². The Bertz CT molecular complexity index is 1370. The van der Waals surface area contributed by atoms with Crippen molar-refractivity contribution in [3.8, 4) is 11.1 Å². The van der Waals surface area contributed by atoms with E-state index in [2.05, 4.69) is 99.1 Å². The summed E-state index contributed by atoms with van der Waals surface area (Å²) in [5.41, 5.74) is 7.65. The van der Waals surface area contributed by atoms with Gasteiger partial charge in [0.25, 0.3) is 0 Å². The molecule has 0 amide bonds. The fraction of sp³-hybridized carbons (Fsp3) is 0.161. The molecule has 1 nitrogen and oxygen atoms in total. The molecule has 1 N–H and O–H groups in total. The summed E-state index contributed by atoms with van der Waals surface area (Å²) in [6.07, 6.45) is 5.63. The van der Waals surface area contributed by atoms with Crippen LogP contribution in [-0.4, -0.2) is 0 Å². The van der Waals surface area contributed by atoms with E-state index in [-0.39, 0.29) is 5.41 Å². The van der Waals surface area contributed by atoms with E-state index in [0.717, 1.165) is 11.4 Å². The Labute approximate surface area is 191 Å². The Morgan fingerprint density at radius 2 is 1.28 bits per heavy atom. The van der Waals surface area contributed by atoms with Gasteiger partial charge in [-0.3, -0.25) is 0 Å². The molecule has 0 unspecified atom stereocenters. The Hall–Kier alpha value is -3.58. The maximum atomic E-state index is 3.87. The van der Waals surface area contributed by atoms with E-state index in [1.807, 2.05) is 26.0 Å². The highest BCUT2D eigenvalue weighted by molar-refractivity contribution is 5.98. The molecule has 160 valence electrons. The van der Waals surface area contributed by atoms with Crippen molar-refractivity contribution < 1.29 is 0 Å². The van der Waals surface area contributed by atoms with Crippen molar-refractivity contribution in [1.29, 1.82) is 0 Å². The SMILES string of the molecule is C=C/C(=C\C)Nc1ccc2cc3c(cc2c1)C(C)(C)c1cc2ccccc2cc1-3.C=CC. The highest BCUT2D eigenvalue weighted by Crippen LogP contribution is 2.51. The minimum Gasteiger partial charge on any atom is -0.356 e. The second-order valence-electron chi connectivity index (χ2n) is 8.81. The van der Waals surface area contributed by atoms with Gasteiger partial charge in [-0.05, 0) is 100 Å². The van der Waals surface area contributed by atoms with Crippen LogP contribution >= 0.6 is 0 Å². The van der Waals surface area contributed by atoms with Crippen molar-refractivity contribution in [2.24, 2.45) is 0 Å². The van der Waals surface area contributed by atoms with E-state index in [1.165, 1.54) is 43.8 Å². The first kappa shape index (κ1) is 21.6. The van der Waals surface area contributed by atoms with Gasteiger partial charge < -0.3 is 5.32 Å². The Balaban J connectivity index is 0.000000775. The summed E-state index contributed by atoms with van der Waals surface area (Å²) < 4.78 is 0. The van der Waals surface area contributed by atoms with E-state index in [0.29, 0.717) is 0 Å². The average Bonchev–Trinajstić information content (AvgIpc) is 3.01. The van der Waals surface area contributed by atoms with Gasteiger partial charge in [0, 0.05) is 16.8 Å². The summed E-state index contributed by atoms with van der Waals surface area (Å²) >= 11 is 0. The molecule has 0 aromatic heterocycles. The number of rotatable bonds is 3. The molecule has 0 fully saturated rings. The quantitative estimate of drug-likeness (QED) is 0.259. The van der Waals surface area contributed by atoms with Gasteiger partial charge in [0.05, 0.1) is 0 Å². The van der Waals surface area contributed by atoms with Crippen molar-refractivity contribution in [1.82, 2.24) is 0 Å². The molecule has 0 saturated carbocycles. The van der Waals surface area contributed by atoms with Crippen LogP contribution < -0.4 is 5.32 Å². The van der Waals surface area contributed by atoms with Crippen molar-refractivity contribution in [3.63, 3.8) is 0 Å². The monoisotopic (exact) mass is 417 g/mol. The number of allylic oxidation sites excluding steroid dienone is 3. The first-order valence-corrected chi connectivity index (χ1v) is 11.2. The highest BCUT2D eigenvalue weighted by Gasteiger charge is 2.35. The topological polar surface area (TPSA) is 12.0 Å². The first-order chi connectivity index (χ1) is 15.4. The van der Waals surface area contributed by atoms with Crippen molar-refractivity contribution in [2.75, 3.05) is 5.32 Å². The predicted molar refractivity (Wildman–Crippen MR) is 142 cm³/mol. The zero-order chi connectivity index (χ0) is 22.9. The Kier molecular flexibility index (Phi) is 5.76. The molecule has 1 aliphatic carbocycles. The first-order valence-electron chi connectivity index (χ1n) is 11.2. The van der Waals surface area contributed by atoms with Gasteiger partial charge in [0.15, 0.2) is 0 Å². The number of hydrogen-bond donors (Lipinski definition) is 1. The predicted octanol–water partition coefficient (Wildman–Crippen LogP) is 8.99. The number of nitrogens with one attached hydrogen (secondary N) is 1. The number of anilines is 1. The molecule has 0 saturated heterocycles. The minimum absolute atomic E-state index is 0.0120. The smallest absolute Gasteiger partial charge is 0.0390 e. The largest absolute Gasteiger partial charge is 0.356 e. The van der Waals surface area contributed by atoms with Gasteiger partial charge in [0.1, 0.15) is 0 Å². The molecule has 0 aliphatic heterocycles. The highest BCUT2D eigenvalue weighted by atomic mass is 14.9. The fourth-order valence-corrected chi connectivity index (χ4v) is 4.65. The lowest BCUT2D eigenvalue weighted by Crippen LogP contribution is -2.14. The molecule has 5 rings (SSSR count). The Morgan fingerprint density at radius 1 is 0.750 bits per heavy atom. The summed E-state index contributed by atoms with van der Waals surface area (Å²) in [5, 5.41) is 8.59. The van der Waals surface area contributed by atoms with Crippen molar-refractivity contribution in [3.05, 3.63) is 115 Å². The summed E-state index contributed by atoms with van der Waals surface area (Å²) in [7, 11) is 0. The summed E-state index contributed by atoms with van der Waals surface area (Å²) in [6, 6.07) is 24.7. The fourth-order valence-electron chi connectivity index (χ4n) is 4.65. The molecule has 32 heavy (non-hydrogen) atoms. The third kappa shape index (κ3) is 3.65. The molecule has 1 heteroatoms. The molecule has 0 heterocycles. The van der Waals surface area contributed by atoms with Crippen LogP contribution in [0.25, 0.3) is 32.7 Å². The molecule has 0 spiro atoms. The van der Waals surface area contributed by atoms with Gasteiger partial charge >= 0.3 is 0 Å². The normalized spacial score (nSPS) is 13.7. The lowest BCUT2D eigenvalue weighted by atomic mass is 9.81. The van der Waals surface area contributed by atoms with Crippen LogP contribution in [0.5, 0.6) is 0 Å². The summed E-state index contributed by atoms with van der Waals surface area (Å²) in [6.45, 7) is 15.8. The van der Waals surface area contributed by atoms with Crippen LogP contribution in [0.4, 0.5) is 5.69 Å². The van der Waals surface area contributed by atoms with Crippen LogP contribution in [0.1, 0.15) is 38.8 Å². The van der Waals surface area contributed by atoms with Crippen molar-refractivity contribution >= 4 is 27.2 Å². The maximum absolute atomic E-state index is 3.87. The van der Waals surface area contributed by atoms with E-state index >= 15 is 0 Å². The zero-order valence-electron chi connectivity index (χ0n) is 19.5. The number of fused-ring (bicyclic) bond motifs is 5. The lowest BCUT2D eigenvalue weighted by molar-refractivity contribution is 0.662. The van der Waals surface area contributed by atoms with E-state index in [9.17, 15) is 0 Å². The Morgan fingerprint density at radius 3 is 1.84 bits per heavy atom. The second kappa shape index (κ2) is 8.51. The van der Waals surface area contributed by atoms with E-state index < -0.39 is 0 Å². The van der Waals surface area contributed by atoms with E-state index in [4.69, 9.17) is 0 Å². The molecule has 0 atom stereocenters. The van der Waals surface area contributed by atoms with Crippen molar-refractivity contribution in [2.45, 2.75) is 33.1 Å². The standard InChI is InChI=1S/C28H25N.C3H6/c1-5-22(6-2)29-23-12-11-20-15-25-24-14-18-9-7-8-10-19(18)16-26(24)28(3,4)27(25)17-21(20)13-23;1-3-2/h5-17,29H,1H2,2-4H3;3H,1H2,2H3/b22-6+;. The lowest BCUT2D eigenvalue weighted by Gasteiger charge is -2.22. The average molecular weight is 418 g/mol. The summed E-state index contributed by atoms with van der Waals surface area (Å²) in [4.78, 5) is 0. The third-order valence-corrected chi connectivity index (χ3v) is 6.32. The van der Waals surface area contributed by atoms with Crippen LogP contribution in [0.2, 0.25) is 0 Å². The summed E-state index contributed by atoms with van der Waals surface area (Å²) in [5.74, 6) is 0. The van der Waals surface area contributed by atoms with Gasteiger partial charge in [-0.25, -0.2) is 0 Å². The van der Waals surface area contributed by atoms with Crippen LogP contribution in [-0.2, 0) is 5.41 Å². The molecule has 4 aromatic carbocycles. The second-order valence-corrected chi connectivity index (χ2v) is 8.81. The zero-order valence-corrected chi connectivity index (χ0v) is 19.5. The van der Waals surface area contributed by atoms with Crippen LogP contribution in [0.15, 0.2) is 104 Å². The van der Waals surface area contributed by atoms with Crippen LogP contribution in [0.3, 0.4) is 0 Å². The third-order valence-electron chi connectivity index (χ3n) is 6.32. The van der Waals surface area contributed by atoms with Gasteiger partial charge in [-0.2, -0.15) is 0 Å². The molecule has 0 radical (unpaired) electrons. The van der Waals surface area contributed by atoms with Gasteiger partial charge in [-0.15, -0.1) is 6.58 Å². The van der Waals surface area contributed by atoms with E-state index in [1.54, 1.807) is 6.08 Å². The molecular weight excluding hydrogens is 386 g/mol. The number of hydrogen-bond acceptors (Lipinski definition) is 1. The minimum atomic E-state index is -0.0120. The molecular formula is C31H31N. The molecule has 1 aliphatic rings. The molecule has 4 aromatic rings. The number of benzene rings is 4. The molecule has 0 bridgehead atoms. The maximum Gasteiger partial charge on any atom is 0.0390 e. The van der Waals surface area contributed by atoms with Gasteiger partial charge in [-0.1, -0.05) is 62.9 Å².